The van der Waals surface area contributed by atoms with E-state index < -0.39 is 35.6 Å². The van der Waals surface area contributed by atoms with Gasteiger partial charge in [0.25, 0.3) is 11.8 Å². The van der Waals surface area contributed by atoms with Crippen LogP contribution in [-0.2, 0) is 14.4 Å². The maximum atomic E-state index is 12.9. The van der Waals surface area contributed by atoms with E-state index in [0.29, 0.717) is 22.1 Å². The third-order valence-electron chi connectivity index (χ3n) is 5.51. The summed E-state index contributed by atoms with van der Waals surface area (Å²) < 4.78 is 1.71. The number of para-hydroxylation sites is 1. The number of carbonyl (C=O) groups is 3. The molecule has 11 nitrogen and oxygen atoms in total. The maximum absolute atomic E-state index is 12.9. The first-order valence-corrected chi connectivity index (χ1v) is 12.9. The Kier molecular flexibility index (Phi) is 6.13. The van der Waals surface area contributed by atoms with Gasteiger partial charge in [0, 0.05) is 4.91 Å². The third kappa shape index (κ3) is 4.11. The number of nitrogens with one attached hydrogen (secondary N) is 1. The molecule has 4 heterocycles. The van der Waals surface area contributed by atoms with Crippen LogP contribution in [0.5, 0.6) is 0 Å². The number of nitrogens with zero attached hydrogens (tertiary/aromatic N) is 4. The summed E-state index contributed by atoms with van der Waals surface area (Å²) in [5, 5.41) is 24.8. The number of carboxylic acids is 1. The van der Waals surface area contributed by atoms with Crippen LogP contribution >= 0.6 is 46.0 Å². The highest BCUT2D eigenvalue weighted by atomic mass is 35.5. The number of thioether (sulfide) groups is 1. The standard InChI is InChI=1S/C20H15ClN6O5S3/c21-15-12(25-19(22)35-15)13(26-32)16(28)24-11-8-5-6-10(14(18(30)31)27(8)17(11)29)34-20-23-7-3-1-2-4-9(7)33-20/h1-4,8,11,32H,5-6H2,(H2,22,25)(H,24,28)(H,30,31)/b26-13-/t8-,11?/m1/s1. The van der Waals surface area contributed by atoms with E-state index >= 15 is 0 Å². The second-order valence-corrected chi connectivity index (χ2v) is 11.5. The average Bonchev–Trinajstić information content (AvgIpc) is 3.38. The minimum Gasteiger partial charge on any atom is -0.477 e. The topological polar surface area (TPSA) is 171 Å². The molecule has 1 saturated heterocycles. The number of halogens is 1. The number of fused-ring (bicyclic) bond motifs is 2. The second kappa shape index (κ2) is 9.11. The van der Waals surface area contributed by atoms with E-state index in [2.05, 4.69) is 20.4 Å². The maximum Gasteiger partial charge on any atom is 0.353 e. The van der Waals surface area contributed by atoms with Crippen LogP contribution in [-0.4, -0.2) is 60.8 Å². The molecule has 2 aliphatic heterocycles. The molecule has 0 aliphatic carbocycles. The van der Waals surface area contributed by atoms with Crippen LogP contribution in [0.3, 0.4) is 0 Å². The molecule has 0 radical (unpaired) electrons. The molecule has 2 atom stereocenters. The van der Waals surface area contributed by atoms with Gasteiger partial charge in [-0.15, -0.1) is 11.3 Å². The van der Waals surface area contributed by atoms with Gasteiger partial charge >= 0.3 is 5.97 Å². The summed E-state index contributed by atoms with van der Waals surface area (Å²) in [5.74, 6) is -2.70. The molecule has 0 saturated carbocycles. The number of hydrogen-bond acceptors (Lipinski definition) is 11. The quantitative estimate of drug-likeness (QED) is 0.156. The van der Waals surface area contributed by atoms with Crippen molar-refractivity contribution in [2.24, 2.45) is 5.16 Å². The van der Waals surface area contributed by atoms with Crippen LogP contribution in [0.1, 0.15) is 18.5 Å². The molecule has 180 valence electrons. The van der Waals surface area contributed by atoms with Gasteiger partial charge in [0.15, 0.2) is 15.2 Å². The van der Waals surface area contributed by atoms with E-state index in [4.69, 9.17) is 17.3 Å². The van der Waals surface area contributed by atoms with Crippen LogP contribution in [0.2, 0.25) is 4.34 Å². The van der Waals surface area contributed by atoms with Gasteiger partial charge in [0.2, 0.25) is 0 Å². The van der Waals surface area contributed by atoms with Crippen LogP contribution in [0.15, 0.2) is 44.4 Å². The van der Waals surface area contributed by atoms with E-state index in [-0.39, 0.29) is 20.9 Å². The fourth-order valence-electron chi connectivity index (χ4n) is 4.00. The predicted molar refractivity (Wildman–Crippen MR) is 132 cm³/mol. The zero-order valence-electron chi connectivity index (χ0n) is 17.5. The SMILES string of the molecule is Nc1nc(/C(=N/O)C(=O)NC2C(=O)N3C(C(=O)O)=C(Sc4nc5ccccc5s4)CC[C@H]23)c(Cl)s1. The van der Waals surface area contributed by atoms with E-state index in [0.717, 1.165) is 21.6 Å². The summed E-state index contributed by atoms with van der Waals surface area (Å²) in [6.07, 6.45) is 0.815. The molecule has 15 heteroatoms. The van der Waals surface area contributed by atoms with Gasteiger partial charge in [-0.05, 0) is 25.0 Å². The Hall–Kier alpha value is -3.20. The number of nitrogens with two attached hydrogens (primary N) is 1. The molecule has 2 aromatic heterocycles. The van der Waals surface area contributed by atoms with Gasteiger partial charge in [0.05, 0.1) is 16.3 Å². The average molecular weight is 551 g/mol. The Morgan fingerprint density at radius 1 is 1.29 bits per heavy atom. The Balaban J connectivity index is 1.36. The van der Waals surface area contributed by atoms with Crippen LogP contribution in [0.4, 0.5) is 5.13 Å². The first kappa shape index (κ1) is 23.5. The fraction of sp³-hybridized carbons (Fsp3) is 0.200. The summed E-state index contributed by atoms with van der Waals surface area (Å²) in [4.78, 5) is 47.9. The van der Waals surface area contributed by atoms with Crippen molar-refractivity contribution in [3.8, 4) is 0 Å². The number of benzene rings is 1. The van der Waals surface area contributed by atoms with E-state index in [1.807, 2.05) is 24.3 Å². The molecule has 5 rings (SSSR count). The highest BCUT2D eigenvalue weighted by Gasteiger charge is 2.54. The predicted octanol–water partition coefficient (Wildman–Crippen LogP) is 2.74. The van der Waals surface area contributed by atoms with Crippen LogP contribution < -0.4 is 11.1 Å². The molecular formula is C20H15ClN6O5S3. The molecule has 35 heavy (non-hydrogen) atoms. The number of amides is 2. The number of aliphatic carboxylic acids is 1. The first-order chi connectivity index (χ1) is 16.8. The molecule has 5 N–H and O–H groups in total. The van der Waals surface area contributed by atoms with Crippen LogP contribution in [0, 0.1) is 0 Å². The van der Waals surface area contributed by atoms with Crippen molar-refractivity contribution in [2.75, 3.05) is 5.73 Å². The Morgan fingerprint density at radius 2 is 2.06 bits per heavy atom. The van der Waals surface area contributed by atoms with Crippen molar-refractivity contribution < 1.29 is 24.7 Å². The van der Waals surface area contributed by atoms with Gasteiger partial charge in [-0.3, -0.25) is 14.5 Å². The summed E-state index contributed by atoms with van der Waals surface area (Å²) >= 11 is 9.58. The zero-order valence-corrected chi connectivity index (χ0v) is 20.7. The number of aromatic nitrogens is 2. The van der Waals surface area contributed by atoms with Gasteiger partial charge in [-0.1, -0.05) is 52.0 Å². The molecule has 1 unspecified atom stereocenters. The summed E-state index contributed by atoms with van der Waals surface area (Å²) in [5.41, 5.74) is 5.68. The minimum atomic E-state index is -1.24. The van der Waals surface area contributed by atoms with Crippen molar-refractivity contribution in [1.29, 1.82) is 0 Å². The Morgan fingerprint density at radius 3 is 2.71 bits per heavy atom. The molecule has 2 amide bonds. The van der Waals surface area contributed by atoms with Gasteiger partial charge in [0.1, 0.15) is 21.8 Å². The number of allylic oxidation sites excluding steroid dienone is 1. The number of anilines is 1. The Bertz CT molecular complexity index is 1420. The van der Waals surface area contributed by atoms with Crippen molar-refractivity contribution in [3.05, 3.63) is 44.9 Å². The molecular weight excluding hydrogens is 536 g/mol. The second-order valence-electron chi connectivity index (χ2n) is 7.51. The number of rotatable bonds is 6. The lowest BCUT2D eigenvalue weighted by molar-refractivity contribution is -0.155. The molecule has 2 aliphatic rings. The first-order valence-electron chi connectivity index (χ1n) is 10.1. The number of nitrogen functional groups attached to an aromatic ring is 1. The van der Waals surface area contributed by atoms with E-state index in [9.17, 15) is 24.7 Å². The van der Waals surface area contributed by atoms with E-state index in [1.165, 1.54) is 28.0 Å². The van der Waals surface area contributed by atoms with Crippen molar-refractivity contribution in [3.63, 3.8) is 0 Å². The largest absolute Gasteiger partial charge is 0.477 e. The number of β-lactam (4-membered cyclic amide) rings is 1. The summed E-state index contributed by atoms with van der Waals surface area (Å²) in [6, 6.07) is 6.04. The monoisotopic (exact) mass is 550 g/mol. The summed E-state index contributed by atoms with van der Waals surface area (Å²) in [7, 11) is 0. The lowest BCUT2D eigenvalue weighted by Gasteiger charge is -2.49. The van der Waals surface area contributed by atoms with Gasteiger partial charge in [-0.2, -0.15) is 0 Å². The highest BCUT2D eigenvalue weighted by molar-refractivity contribution is 8.04. The highest BCUT2D eigenvalue weighted by Crippen LogP contribution is 2.44. The third-order valence-corrected chi connectivity index (χ3v) is 8.83. The molecule has 0 spiro atoms. The van der Waals surface area contributed by atoms with Crippen molar-refractivity contribution in [1.82, 2.24) is 20.2 Å². The van der Waals surface area contributed by atoms with Crippen molar-refractivity contribution >= 4 is 84.9 Å². The van der Waals surface area contributed by atoms with Gasteiger partial charge < -0.3 is 21.4 Å². The smallest absolute Gasteiger partial charge is 0.353 e. The Labute approximate surface area is 214 Å². The number of hydrogen-bond donors (Lipinski definition) is 4. The zero-order chi connectivity index (χ0) is 24.9. The minimum absolute atomic E-state index is 0.0530. The number of thiazole rings is 2. The fourth-order valence-corrected chi connectivity index (χ4v) is 7.22. The van der Waals surface area contributed by atoms with Gasteiger partial charge in [-0.25, -0.2) is 14.8 Å². The van der Waals surface area contributed by atoms with Crippen LogP contribution in [0.25, 0.3) is 10.2 Å². The number of carbonyl (C=O) groups excluding carboxylic acids is 2. The lowest BCUT2D eigenvalue weighted by Crippen LogP contribution is -2.72. The number of oxime groups is 1. The molecule has 1 fully saturated rings. The molecule has 1 aromatic carbocycles. The number of carboxylic acid groups (broad SMARTS) is 1. The van der Waals surface area contributed by atoms with Crippen molar-refractivity contribution in [2.45, 2.75) is 29.3 Å². The van der Waals surface area contributed by atoms with E-state index in [1.54, 1.807) is 0 Å². The molecule has 0 bridgehead atoms. The molecule has 3 aromatic rings. The summed E-state index contributed by atoms with van der Waals surface area (Å²) in [6.45, 7) is 0. The lowest BCUT2D eigenvalue weighted by atomic mass is 9.86. The normalized spacial score (nSPS) is 20.1.